The molecular weight excluding hydrogens is 822 g/mol. The molecule has 0 spiro atoms. The van der Waals surface area contributed by atoms with E-state index in [0.29, 0.717) is 17.4 Å². The average molecular weight is 920 g/mol. The summed E-state index contributed by atoms with van der Waals surface area (Å²) in [5.74, 6) is -0.851. The van der Waals surface area contributed by atoms with E-state index in [-0.39, 0.29) is 32.0 Å². The Labute approximate surface area is 394 Å². The molecule has 2 unspecified atom stereocenters. The standard InChI is InChI=1S/C54H98NO8P/c1-6-8-10-12-14-16-18-20-22-24-26-27-29-30-32-34-36-38-40-42-44-46-53(56)60-50-52(51-62-64(58,59)61-49-48-55(3,4)5)63-54(57)47-45-43-41-39-37-35-33-31-28-25-23-21-19-17-15-13-11-9-7-2/h9,11,15,17,21,23-24,26,28,31,52H,6-8,10,12-14,16,18-20,22,25,27,29-30,32-51H2,1-5H3/b11-9-,17-15-,23-21-,26-24-,31-28-. The molecule has 0 aliphatic heterocycles. The highest BCUT2D eigenvalue weighted by Crippen LogP contribution is 2.38. The van der Waals surface area contributed by atoms with E-state index in [1.165, 1.54) is 103 Å². The molecule has 9 nitrogen and oxygen atoms in total. The van der Waals surface area contributed by atoms with Crippen LogP contribution in [0.2, 0.25) is 0 Å². The SMILES string of the molecule is CC/C=C\C/C=C\C/C=C\C/C=C\CCCCCCCCC(=O)OC(COC(=O)CCCCCCCCCCC/C=C\CCCCCCCCCC)COP(=O)([O-])OCC[N+](C)(C)C. The summed E-state index contributed by atoms with van der Waals surface area (Å²) in [5, 5.41) is 0. The van der Waals surface area contributed by atoms with Crippen LogP contribution in [0.25, 0.3) is 0 Å². The van der Waals surface area contributed by atoms with E-state index < -0.39 is 26.5 Å². The van der Waals surface area contributed by atoms with Gasteiger partial charge in [0.1, 0.15) is 19.8 Å². The lowest BCUT2D eigenvalue weighted by molar-refractivity contribution is -0.870. The number of ether oxygens (including phenoxy) is 2. The molecule has 2 atom stereocenters. The molecule has 0 fully saturated rings. The Morgan fingerprint density at radius 1 is 0.500 bits per heavy atom. The van der Waals surface area contributed by atoms with Crippen LogP contribution >= 0.6 is 7.82 Å². The summed E-state index contributed by atoms with van der Waals surface area (Å²) in [6.45, 7) is 4.11. The van der Waals surface area contributed by atoms with E-state index in [2.05, 4.69) is 74.6 Å². The second kappa shape index (κ2) is 45.8. The van der Waals surface area contributed by atoms with Gasteiger partial charge in [0.05, 0.1) is 27.7 Å². The van der Waals surface area contributed by atoms with Crippen molar-refractivity contribution in [2.75, 3.05) is 47.5 Å². The molecular formula is C54H98NO8P. The molecule has 0 aromatic heterocycles. The number of allylic oxidation sites excluding steroid dienone is 10. The first-order valence-electron chi connectivity index (χ1n) is 26.0. The van der Waals surface area contributed by atoms with Crippen LogP contribution in [0, 0.1) is 0 Å². The number of quaternary nitrogens is 1. The van der Waals surface area contributed by atoms with E-state index in [4.69, 9.17) is 18.5 Å². The van der Waals surface area contributed by atoms with Crippen molar-refractivity contribution in [3.8, 4) is 0 Å². The van der Waals surface area contributed by atoms with Gasteiger partial charge in [-0.2, -0.15) is 0 Å². The summed E-state index contributed by atoms with van der Waals surface area (Å²) in [4.78, 5) is 37.7. The van der Waals surface area contributed by atoms with Gasteiger partial charge in [-0.3, -0.25) is 14.2 Å². The lowest BCUT2D eigenvalue weighted by Crippen LogP contribution is -2.37. The number of esters is 2. The van der Waals surface area contributed by atoms with Crippen LogP contribution in [0.15, 0.2) is 60.8 Å². The second-order valence-corrected chi connectivity index (χ2v) is 19.9. The highest BCUT2D eigenvalue weighted by molar-refractivity contribution is 7.45. The van der Waals surface area contributed by atoms with E-state index in [1.54, 1.807) is 0 Å². The third-order valence-electron chi connectivity index (χ3n) is 11.0. The Kier molecular flexibility index (Phi) is 44.2. The van der Waals surface area contributed by atoms with E-state index in [1.807, 2.05) is 21.1 Å². The summed E-state index contributed by atoms with van der Waals surface area (Å²) in [6, 6.07) is 0. The van der Waals surface area contributed by atoms with Crippen LogP contribution in [0.4, 0.5) is 0 Å². The smallest absolute Gasteiger partial charge is 0.306 e. The quantitative estimate of drug-likeness (QED) is 0.0195. The van der Waals surface area contributed by atoms with Gasteiger partial charge in [0, 0.05) is 12.8 Å². The third kappa shape index (κ3) is 49.2. The Balaban J connectivity index is 4.27. The maximum absolute atomic E-state index is 12.7. The van der Waals surface area contributed by atoms with E-state index >= 15 is 0 Å². The Morgan fingerprint density at radius 2 is 0.891 bits per heavy atom. The van der Waals surface area contributed by atoms with E-state index in [9.17, 15) is 19.0 Å². The Bertz CT molecular complexity index is 1270. The van der Waals surface area contributed by atoms with Crippen LogP contribution in [0.5, 0.6) is 0 Å². The minimum Gasteiger partial charge on any atom is -0.756 e. The normalized spacial score (nSPS) is 13.9. The molecule has 0 aromatic carbocycles. The van der Waals surface area contributed by atoms with Gasteiger partial charge in [-0.15, -0.1) is 0 Å². The molecule has 0 N–H and O–H groups in total. The number of unbranched alkanes of at least 4 members (excludes halogenated alkanes) is 23. The van der Waals surface area contributed by atoms with Crippen molar-refractivity contribution in [3.05, 3.63) is 60.8 Å². The first-order chi connectivity index (χ1) is 31.0. The highest BCUT2D eigenvalue weighted by atomic mass is 31.2. The summed E-state index contributed by atoms with van der Waals surface area (Å²) in [7, 11) is 1.15. The topological polar surface area (TPSA) is 111 Å². The number of phosphoric ester groups is 1. The Hall–Kier alpha value is -2.29. The molecule has 0 aliphatic rings. The number of phosphoric acid groups is 1. The van der Waals surface area contributed by atoms with Crippen molar-refractivity contribution in [1.29, 1.82) is 0 Å². The van der Waals surface area contributed by atoms with Crippen LogP contribution in [-0.4, -0.2) is 70.0 Å². The van der Waals surface area contributed by atoms with Crippen LogP contribution in [0.1, 0.15) is 219 Å². The molecule has 372 valence electrons. The first kappa shape index (κ1) is 61.7. The average Bonchev–Trinajstić information content (AvgIpc) is 3.25. The molecule has 0 rings (SSSR count). The molecule has 0 aliphatic carbocycles. The van der Waals surface area contributed by atoms with Gasteiger partial charge in [0.15, 0.2) is 6.10 Å². The minimum atomic E-state index is -4.64. The van der Waals surface area contributed by atoms with Crippen LogP contribution in [-0.2, 0) is 32.7 Å². The third-order valence-corrected chi connectivity index (χ3v) is 12.0. The number of likely N-dealkylation sites (N-methyl/N-ethyl adjacent to an activating group) is 1. The van der Waals surface area contributed by atoms with Gasteiger partial charge in [0.25, 0.3) is 7.82 Å². The lowest BCUT2D eigenvalue weighted by atomic mass is 10.1. The van der Waals surface area contributed by atoms with Gasteiger partial charge in [-0.25, -0.2) is 0 Å². The number of carbonyl (C=O) groups excluding carboxylic acids is 2. The zero-order chi connectivity index (χ0) is 47.1. The minimum absolute atomic E-state index is 0.0362. The number of rotatable bonds is 47. The fourth-order valence-corrected chi connectivity index (χ4v) is 7.72. The number of hydrogen-bond acceptors (Lipinski definition) is 8. The van der Waals surface area contributed by atoms with Crippen molar-refractivity contribution in [3.63, 3.8) is 0 Å². The number of nitrogens with zero attached hydrogens (tertiary/aromatic N) is 1. The van der Waals surface area contributed by atoms with Gasteiger partial charge in [-0.1, -0.05) is 190 Å². The monoisotopic (exact) mass is 920 g/mol. The van der Waals surface area contributed by atoms with Crippen molar-refractivity contribution in [2.24, 2.45) is 0 Å². The number of carbonyl (C=O) groups is 2. The van der Waals surface area contributed by atoms with Gasteiger partial charge < -0.3 is 27.9 Å². The fraction of sp³-hybridized carbons (Fsp3) is 0.778. The molecule has 0 amide bonds. The van der Waals surface area contributed by atoms with Crippen molar-refractivity contribution in [2.45, 2.75) is 225 Å². The molecule has 0 bridgehead atoms. The molecule has 0 radical (unpaired) electrons. The van der Waals surface area contributed by atoms with Crippen molar-refractivity contribution in [1.82, 2.24) is 0 Å². The molecule has 64 heavy (non-hydrogen) atoms. The molecule has 10 heteroatoms. The first-order valence-corrected chi connectivity index (χ1v) is 27.5. The summed E-state index contributed by atoms with van der Waals surface area (Å²) < 4.78 is 34.0. The van der Waals surface area contributed by atoms with Crippen molar-refractivity contribution >= 4 is 19.8 Å². The largest absolute Gasteiger partial charge is 0.756 e. The predicted octanol–water partition coefficient (Wildman–Crippen LogP) is 15.0. The predicted molar refractivity (Wildman–Crippen MR) is 268 cm³/mol. The fourth-order valence-electron chi connectivity index (χ4n) is 6.99. The lowest BCUT2D eigenvalue weighted by Gasteiger charge is -2.28. The van der Waals surface area contributed by atoms with Gasteiger partial charge in [0.2, 0.25) is 0 Å². The summed E-state index contributed by atoms with van der Waals surface area (Å²) >= 11 is 0. The highest BCUT2D eigenvalue weighted by Gasteiger charge is 2.21. The zero-order valence-electron chi connectivity index (χ0n) is 42.0. The maximum Gasteiger partial charge on any atom is 0.306 e. The van der Waals surface area contributed by atoms with E-state index in [0.717, 1.165) is 83.5 Å². The van der Waals surface area contributed by atoms with Gasteiger partial charge >= 0.3 is 11.9 Å². The van der Waals surface area contributed by atoms with Gasteiger partial charge in [-0.05, 0) is 77.0 Å². The molecule has 0 aromatic rings. The maximum atomic E-state index is 12.7. The molecule has 0 saturated heterocycles. The van der Waals surface area contributed by atoms with Crippen LogP contribution in [0.3, 0.4) is 0 Å². The molecule has 0 heterocycles. The Morgan fingerprint density at radius 3 is 1.34 bits per heavy atom. The summed E-state index contributed by atoms with van der Waals surface area (Å²) in [5.41, 5.74) is 0. The van der Waals surface area contributed by atoms with Crippen molar-refractivity contribution < 1.29 is 42.1 Å². The number of hydrogen-bond donors (Lipinski definition) is 0. The van der Waals surface area contributed by atoms with Crippen LogP contribution < -0.4 is 4.89 Å². The second-order valence-electron chi connectivity index (χ2n) is 18.5. The zero-order valence-corrected chi connectivity index (χ0v) is 42.9. The summed E-state index contributed by atoms with van der Waals surface area (Å²) in [6.07, 6.45) is 56.8. The molecule has 0 saturated carbocycles.